The van der Waals surface area contributed by atoms with Crippen LogP contribution in [0, 0.1) is 12.7 Å². The predicted octanol–water partition coefficient (Wildman–Crippen LogP) is 2.88. The number of carbonyl (C=O) groups is 1. The molecule has 1 heterocycles. The fourth-order valence-corrected chi connectivity index (χ4v) is 1.52. The van der Waals surface area contributed by atoms with Crippen molar-refractivity contribution >= 4 is 11.6 Å². The summed E-state index contributed by atoms with van der Waals surface area (Å²) in [4.78, 5) is 11.7. The third kappa shape index (κ3) is 3.07. The van der Waals surface area contributed by atoms with E-state index in [0.29, 0.717) is 11.5 Å². The Hall–Kier alpha value is -2.43. The number of amides is 1. The first-order valence-corrected chi connectivity index (χ1v) is 5.74. The standard InChI is InChI=1S/C14H13FN2O2/c1-9-7-8-13(19-9)10(2)16-17-14(18)11-5-3-4-6-12(11)15/h3-8H,1-2H3,(H,17,18). The molecule has 0 aliphatic rings. The van der Waals surface area contributed by atoms with E-state index in [-0.39, 0.29) is 5.56 Å². The quantitative estimate of drug-likeness (QED) is 0.681. The average Bonchev–Trinajstić information content (AvgIpc) is 2.83. The van der Waals surface area contributed by atoms with Gasteiger partial charge in [-0.15, -0.1) is 0 Å². The fourth-order valence-electron chi connectivity index (χ4n) is 1.52. The zero-order valence-electron chi connectivity index (χ0n) is 10.6. The van der Waals surface area contributed by atoms with Crippen LogP contribution in [0.25, 0.3) is 0 Å². The summed E-state index contributed by atoms with van der Waals surface area (Å²) in [6.07, 6.45) is 0. The molecule has 1 aromatic carbocycles. The van der Waals surface area contributed by atoms with Crippen LogP contribution in [0.4, 0.5) is 4.39 Å². The summed E-state index contributed by atoms with van der Waals surface area (Å²) in [5.41, 5.74) is 2.76. The SMILES string of the molecule is CC(=NNC(=O)c1ccccc1F)c1ccc(C)o1. The lowest BCUT2D eigenvalue weighted by atomic mass is 10.2. The number of benzene rings is 1. The average molecular weight is 260 g/mol. The van der Waals surface area contributed by atoms with Crippen LogP contribution in [0.5, 0.6) is 0 Å². The molecular weight excluding hydrogens is 247 g/mol. The van der Waals surface area contributed by atoms with Gasteiger partial charge in [-0.1, -0.05) is 12.1 Å². The Kier molecular flexibility index (Phi) is 3.75. The molecule has 0 spiro atoms. The molecule has 0 saturated heterocycles. The van der Waals surface area contributed by atoms with Crippen molar-refractivity contribution in [2.75, 3.05) is 0 Å². The first-order valence-electron chi connectivity index (χ1n) is 5.74. The van der Waals surface area contributed by atoms with Gasteiger partial charge in [0, 0.05) is 0 Å². The number of carbonyl (C=O) groups excluding carboxylic acids is 1. The minimum atomic E-state index is -0.597. The van der Waals surface area contributed by atoms with E-state index in [4.69, 9.17) is 4.42 Å². The topological polar surface area (TPSA) is 54.6 Å². The van der Waals surface area contributed by atoms with E-state index in [1.807, 2.05) is 6.92 Å². The van der Waals surface area contributed by atoms with Crippen LogP contribution < -0.4 is 5.43 Å². The van der Waals surface area contributed by atoms with Crippen LogP contribution in [-0.4, -0.2) is 11.6 Å². The summed E-state index contributed by atoms with van der Waals surface area (Å²) in [6, 6.07) is 9.28. The highest BCUT2D eigenvalue weighted by Gasteiger charge is 2.10. The van der Waals surface area contributed by atoms with Crippen molar-refractivity contribution in [1.29, 1.82) is 0 Å². The summed E-state index contributed by atoms with van der Waals surface area (Å²) in [7, 11) is 0. The van der Waals surface area contributed by atoms with E-state index < -0.39 is 11.7 Å². The molecule has 2 aromatic rings. The van der Waals surface area contributed by atoms with Gasteiger partial charge in [-0.05, 0) is 38.1 Å². The molecule has 1 aromatic heterocycles. The Labute approximate surface area is 109 Å². The van der Waals surface area contributed by atoms with Crippen LogP contribution in [0.1, 0.15) is 28.8 Å². The number of halogens is 1. The molecule has 4 nitrogen and oxygen atoms in total. The van der Waals surface area contributed by atoms with Crippen LogP contribution >= 0.6 is 0 Å². The lowest BCUT2D eigenvalue weighted by Gasteiger charge is -2.02. The van der Waals surface area contributed by atoms with Gasteiger partial charge in [0.1, 0.15) is 23.0 Å². The second kappa shape index (κ2) is 5.48. The van der Waals surface area contributed by atoms with Crippen LogP contribution in [-0.2, 0) is 0 Å². The van der Waals surface area contributed by atoms with Crippen LogP contribution in [0.2, 0.25) is 0 Å². The third-order valence-corrected chi connectivity index (χ3v) is 2.54. The maximum atomic E-state index is 13.4. The molecule has 0 aliphatic heterocycles. The van der Waals surface area contributed by atoms with Crippen molar-refractivity contribution in [3.8, 4) is 0 Å². The molecule has 2 rings (SSSR count). The smallest absolute Gasteiger partial charge is 0.274 e. The molecular formula is C14H13FN2O2. The van der Waals surface area contributed by atoms with Gasteiger partial charge in [-0.2, -0.15) is 5.10 Å². The zero-order chi connectivity index (χ0) is 13.8. The van der Waals surface area contributed by atoms with Gasteiger partial charge >= 0.3 is 0 Å². The summed E-state index contributed by atoms with van der Waals surface area (Å²) < 4.78 is 18.7. The summed E-state index contributed by atoms with van der Waals surface area (Å²) >= 11 is 0. The lowest BCUT2D eigenvalue weighted by molar-refractivity contribution is 0.0951. The monoisotopic (exact) mass is 260 g/mol. The van der Waals surface area contributed by atoms with Gasteiger partial charge in [0.2, 0.25) is 0 Å². The van der Waals surface area contributed by atoms with E-state index in [1.165, 1.54) is 18.2 Å². The van der Waals surface area contributed by atoms with Crippen molar-refractivity contribution in [1.82, 2.24) is 5.43 Å². The van der Waals surface area contributed by atoms with Gasteiger partial charge in [0.25, 0.3) is 5.91 Å². The molecule has 19 heavy (non-hydrogen) atoms. The molecule has 1 N–H and O–H groups in total. The Morgan fingerprint density at radius 1 is 1.26 bits per heavy atom. The number of nitrogens with zero attached hydrogens (tertiary/aromatic N) is 1. The van der Waals surface area contributed by atoms with Gasteiger partial charge in [-0.25, -0.2) is 9.82 Å². The van der Waals surface area contributed by atoms with Crippen molar-refractivity contribution in [2.24, 2.45) is 5.10 Å². The molecule has 0 radical (unpaired) electrons. The minimum Gasteiger partial charge on any atom is -0.460 e. The number of hydrogen-bond acceptors (Lipinski definition) is 3. The van der Waals surface area contributed by atoms with Crippen molar-refractivity contribution in [2.45, 2.75) is 13.8 Å². The molecule has 0 fully saturated rings. The molecule has 0 saturated carbocycles. The van der Waals surface area contributed by atoms with E-state index in [9.17, 15) is 9.18 Å². The van der Waals surface area contributed by atoms with Gasteiger partial charge in [0.15, 0.2) is 0 Å². The molecule has 0 bridgehead atoms. The number of furan rings is 1. The van der Waals surface area contributed by atoms with E-state index in [1.54, 1.807) is 25.1 Å². The summed E-state index contributed by atoms with van der Waals surface area (Å²) in [5.74, 6) is 0.138. The van der Waals surface area contributed by atoms with Crippen molar-refractivity contribution in [3.05, 3.63) is 59.3 Å². The number of nitrogens with one attached hydrogen (secondary N) is 1. The normalized spacial score (nSPS) is 11.4. The number of hydrogen-bond donors (Lipinski definition) is 1. The second-order valence-corrected chi connectivity index (χ2v) is 4.03. The maximum absolute atomic E-state index is 13.4. The second-order valence-electron chi connectivity index (χ2n) is 4.03. The zero-order valence-corrected chi connectivity index (χ0v) is 10.6. The Balaban J connectivity index is 2.10. The molecule has 0 atom stereocenters. The fraction of sp³-hybridized carbons (Fsp3) is 0.143. The highest BCUT2D eigenvalue weighted by Crippen LogP contribution is 2.08. The van der Waals surface area contributed by atoms with Crippen LogP contribution in [0.15, 0.2) is 45.9 Å². The predicted molar refractivity (Wildman–Crippen MR) is 69.5 cm³/mol. The first-order chi connectivity index (χ1) is 9.08. The van der Waals surface area contributed by atoms with Gasteiger partial charge in [-0.3, -0.25) is 4.79 Å². The van der Waals surface area contributed by atoms with Crippen LogP contribution in [0.3, 0.4) is 0 Å². The van der Waals surface area contributed by atoms with Gasteiger partial charge in [0.05, 0.1) is 5.56 Å². The van der Waals surface area contributed by atoms with Crippen molar-refractivity contribution in [3.63, 3.8) is 0 Å². The largest absolute Gasteiger partial charge is 0.460 e. The lowest BCUT2D eigenvalue weighted by Crippen LogP contribution is -2.20. The number of hydrazone groups is 1. The van der Waals surface area contributed by atoms with Crippen molar-refractivity contribution < 1.29 is 13.6 Å². The minimum absolute atomic E-state index is 0.0466. The molecule has 0 unspecified atom stereocenters. The number of aryl methyl sites for hydroxylation is 1. The summed E-state index contributed by atoms with van der Waals surface area (Å²) in [5, 5.41) is 3.88. The highest BCUT2D eigenvalue weighted by molar-refractivity contribution is 5.99. The van der Waals surface area contributed by atoms with E-state index in [2.05, 4.69) is 10.5 Å². The highest BCUT2D eigenvalue weighted by atomic mass is 19.1. The van der Waals surface area contributed by atoms with E-state index >= 15 is 0 Å². The first kappa shape index (κ1) is 13.0. The molecule has 5 heteroatoms. The Bertz CT molecular complexity index is 632. The molecule has 98 valence electrons. The summed E-state index contributed by atoms with van der Waals surface area (Å²) in [6.45, 7) is 3.51. The Morgan fingerprint density at radius 3 is 2.63 bits per heavy atom. The number of rotatable bonds is 3. The third-order valence-electron chi connectivity index (χ3n) is 2.54. The van der Waals surface area contributed by atoms with Gasteiger partial charge < -0.3 is 4.42 Å². The maximum Gasteiger partial charge on any atom is 0.274 e. The van der Waals surface area contributed by atoms with E-state index in [0.717, 1.165) is 5.76 Å². The Morgan fingerprint density at radius 2 is 2.00 bits per heavy atom. The molecule has 1 amide bonds. The molecule has 0 aliphatic carbocycles.